The minimum Gasteiger partial charge on any atom is -0.461 e. The molecule has 1 aromatic rings. The molecule has 0 aliphatic heterocycles. The second-order valence-corrected chi connectivity index (χ2v) is 3.08. The van der Waals surface area contributed by atoms with Crippen molar-refractivity contribution in [3.63, 3.8) is 0 Å². The number of rotatable bonds is 4. The highest BCUT2D eigenvalue weighted by molar-refractivity contribution is 5.88. The Balaban J connectivity index is 3.00. The maximum Gasteiger partial charge on any atom is 0.359 e. The van der Waals surface area contributed by atoms with Gasteiger partial charge in [0.25, 0.3) is 0 Å². The summed E-state index contributed by atoms with van der Waals surface area (Å²) in [6.07, 6.45) is 0.669. The number of esters is 1. The Kier molecular flexibility index (Phi) is 3.81. The first-order valence-corrected chi connectivity index (χ1v) is 4.69. The quantitative estimate of drug-likeness (QED) is 0.663. The Labute approximate surface area is 87.6 Å². The zero-order valence-corrected chi connectivity index (χ0v) is 8.80. The van der Waals surface area contributed by atoms with E-state index in [4.69, 9.17) is 10.5 Å². The third-order valence-corrected chi connectivity index (χ3v) is 1.91. The molecule has 0 bridgehead atoms. The summed E-state index contributed by atoms with van der Waals surface area (Å²) in [4.78, 5) is 11.4. The minimum atomic E-state index is -0.891. The number of aliphatic hydroxyl groups is 1. The van der Waals surface area contributed by atoms with E-state index in [2.05, 4.69) is 5.10 Å². The van der Waals surface area contributed by atoms with Gasteiger partial charge in [-0.15, -0.1) is 0 Å². The maximum atomic E-state index is 11.4. The van der Waals surface area contributed by atoms with Crippen molar-refractivity contribution in [3.05, 3.63) is 17.5 Å². The van der Waals surface area contributed by atoms with Crippen molar-refractivity contribution in [2.45, 2.75) is 13.0 Å². The number of nitrogens with zero attached hydrogens (tertiary/aromatic N) is 2. The van der Waals surface area contributed by atoms with E-state index in [1.54, 1.807) is 20.2 Å². The van der Waals surface area contributed by atoms with Gasteiger partial charge in [0.1, 0.15) is 0 Å². The minimum absolute atomic E-state index is 0.0398. The molecular weight excluding hydrogens is 198 g/mol. The van der Waals surface area contributed by atoms with Gasteiger partial charge < -0.3 is 15.6 Å². The number of ether oxygens (including phenoxy) is 1. The fourth-order valence-corrected chi connectivity index (χ4v) is 1.24. The molecule has 0 aliphatic carbocycles. The van der Waals surface area contributed by atoms with Gasteiger partial charge in [-0.2, -0.15) is 5.10 Å². The summed E-state index contributed by atoms with van der Waals surface area (Å²) in [6, 6.07) is 0. The average molecular weight is 213 g/mol. The standard InChI is InChI=1S/C9H15N3O3/c1-3-15-9(14)8-6(7(13)4-10)5-12(2)11-8/h5,7,13H,3-4,10H2,1-2H3/t7-/m1/s1. The number of carbonyl (C=O) groups is 1. The number of hydrogen-bond donors (Lipinski definition) is 2. The van der Waals surface area contributed by atoms with E-state index >= 15 is 0 Å². The van der Waals surface area contributed by atoms with Crippen LogP contribution in [-0.2, 0) is 11.8 Å². The van der Waals surface area contributed by atoms with E-state index < -0.39 is 12.1 Å². The Morgan fingerprint density at radius 3 is 3.00 bits per heavy atom. The Morgan fingerprint density at radius 1 is 1.80 bits per heavy atom. The molecule has 1 aromatic heterocycles. The smallest absolute Gasteiger partial charge is 0.359 e. The molecule has 6 heteroatoms. The summed E-state index contributed by atoms with van der Waals surface area (Å²) >= 11 is 0. The summed E-state index contributed by atoms with van der Waals surface area (Å²) in [6.45, 7) is 2.02. The van der Waals surface area contributed by atoms with Crippen LogP contribution in [0.15, 0.2) is 6.20 Å². The van der Waals surface area contributed by atoms with E-state index in [0.717, 1.165) is 0 Å². The molecule has 0 saturated carbocycles. The lowest BCUT2D eigenvalue weighted by Gasteiger charge is -2.06. The van der Waals surface area contributed by atoms with Gasteiger partial charge in [0.15, 0.2) is 5.69 Å². The van der Waals surface area contributed by atoms with Crippen LogP contribution in [0.1, 0.15) is 29.1 Å². The molecule has 0 aliphatic rings. The molecule has 3 N–H and O–H groups in total. The van der Waals surface area contributed by atoms with Crippen molar-refractivity contribution in [3.8, 4) is 0 Å². The predicted molar refractivity (Wildman–Crippen MR) is 53.2 cm³/mol. The monoisotopic (exact) mass is 213 g/mol. The number of nitrogens with two attached hydrogens (primary N) is 1. The van der Waals surface area contributed by atoms with Crippen LogP contribution in [0.2, 0.25) is 0 Å². The van der Waals surface area contributed by atoms with Crippen LogP contribution in [0, 0.1) is 0 Å². The van der Waals surface area contributed by atoms with Crippen molar-refractivity contribution in [2.75, 3.05) is 13.2 Å². The first-order valence-electron chi connectivity index (χ1n) is 4.69. The molecule has 0 radical (unpaired) electrons. The lowest BCUT2D eigenvalue weighted by atomic mass is 10.1. The Hall–Kier alpha value is -1.40. The Bertz CT molecular complexity index is 348. The van der Waals surface area contributed by atoms with Gasteiger partial charge in [-0.25, -0.2) is 4.79 Å². The molecule has 6 nitrogen and oxygen atoms in total. The first-order chi connectivity index (χ1) is 7.10. The number of carbonyl (C=O) groups excluding carboxylic acids is 1. The molecule has 0 spiro atoms. The fraction of sp³-hybridized carbons (Fsp3) is 0.556. The van der Waals surface area contributed by atoms with Crippen LogP contribution < -0.4 is 5.73 Å². The van der Waals surface area contributed by atoms with Crippen LogP contribution >= 0.6 is 0 Å². The highest BCUT2D eigenvalue weighted by Gasteiger charge is 2.21. The lowest BCUT2D eigenvalue weighted by Crippen LogP contribution is -2.15. The summed E-state index contributed by atoms with van der Waals surface area (Å²) in [5, 5.41) is 13.5. The normalized spacial score (nSPS) is 12.5. The third kappa shape index (κ3) is 2.54. The van der Waals surface area contributed by atoms with Gasteiger partial charge in [-0.1, -0.05) is 0 Å². The average Bonchev–Trinajstić information content (AvgIpc) is 2.59. The SMILES string of the molecule is CCOC(=O)c1nn(C)cc1[C@H](O)CN. The van der Waals surface area contributed by atoms with E-state index in [1.165, 1.54) is 4.68 Å². The number of aliphatic hydroxyl groups excluding tert-OH is 1. The number of hydrogen-bond acceptors (Lipinski definition) is 5. The molecule has 0 fully saturated rings. The lowest BCUT2D eigenvalue weighted by molar-refractivity contribution is 0.0512. The molecule has 0 amide bonds. The largest absolute Gasteiger partial charge is 0.461 e. The molecule has 0 unspecified atom stereocenters. The second kappa shape index (κ2) is 4.90. The van der Waals surface area contributed by atoms with Crippen LogP contribution in [-0.4, -0.2) is 34.0 Å². The second-order valence-electron chi connectivity index (χ2n) is 3.08. The summed E-state index contributed by atoms with van der Waals surface area (Å²) < 4.78 is 6.25. The number of aryl methyl sites for hydroxylation is 1. The van der Waals surface area contributed by atoms with Crippen LogP contribution in [0.3, 0.4) is 0 Å². The van der Waals surface area contributed by atoms with Gasteiger partial charge in [-0.3, -0.25) is 4.68 Å². The van der Waals surface area contributed by atoms with Crippen LogP contribution in [0.25, 0.3) is 0 Å². The van der Waals surface area contributed by atoms with Crippen molar-refractivity contribution in [1.29, 1.82) is 0 Å². The van der Waals surface area contributed by atoms with Gasteiger partial charge in [0.05, 0.1) is 12.7 Å². The zero-order valence-electron chi connectivity index (χ0n) is 8.80. The van der Waals surface area contributed by atoms with Crippen LogP contribution in [0.5, 0.6) is 0 Å². The van der Waals surface area contributed by atoms with E-state index in [0.29, 0.717) is 5.56 Å². The predicted octanol–water partition coefficient (Wildman–Crippen LogP) is -0.411. The van der Waals surface area contributed by atoms with E-state index in [-0.39, 0.29) is 18.8 Å². The zero-order chi connectivity index (χ0) is 11.4. The van der Waals surface area contributed by atoms with Crippen molar-refractivity contribution in [2.24, 2.45) is 12.8 Å². The van der Waals surface area contributed by atoms with Crippen LogP contribution in [0.4, 0.5) is 0 Å². The van der Waals surface area contributed by atoms with E-state index in [9.17, 15) is 9.90 Å². The number of aromatic nitrogens is 2. The molecule has 1 heterocycles. The van der Waals surface area contributed by atoms with Gasteiger partial charge in [-0.05, 0) is 6.92 Å². The van der Waals surface area contributed by atoms with Crippen molar-refractivity contribution < 1.29 is 14.6 Å². The molecule has 84 valence electrons. The highest BCUT2D eigenvalue weighted by atomic mass is 16.5. The third-order valence-electron chi connectivity index (χ3n) is 1.91. The van der Waals surface area contributed by atoms with Gasteiger partial charge in [0.2, 0.25) is 0 Å². The summed E-state index contributed by atoms with van der Waals surface area (Å²) in [7, 11) is 1.66. The first kappa shape index (κ1) is 11.7. The van der Waals surface area contributed by atoms with Crippen molar-refractivity contribution >= 4 is 5.97 Å². The van der Waals surface area contributed by atoms with E-state index in [1.807, 2.05) is 0 Å². The van der Waals surface area contributed by atoms with Crippen molar-refractivity contribution in [1.82, 2.24) is 9.78 Å². The maximum absolute atomic E-state index is 11.4. The summed E-state index contributed by atoms with van der Waals surface area (Å²) in [5.74, 6) is -0.541. The molecule has 0 aromatic carbocycles. The highest BCUT2D eigenvalue weighted by Crippen LogP contribution is 2.16. The Morgan fingerprint density at radius 2 is 2.47 bits per heavy atom. The molecule has 0 saturated heterocycles. The molecule has 1 rings (SSSR count). The topological polar surface area (TPSA) is 90.4 Å². The fourth-order valence-electron chi connectivity index (χ4n) is 1.24. The van der Waals surface area contributed by atoms with Gasteiger partial charge >= 0.3 is 5.97 Å². The molecule has 15 heavy (non-hydrogen) atoms. The van der Waals surface area contributed by atoms with Gasteiger partial charge in [0, 0.05) is 25.4 Å². The summed E-state index contributed by atoms with van der Waals surface area (Å²) in [5.41, 5.74) is 5.84. The molecule has 1 atom stereocenters. The molecular formula is C9H15N3O3.